The molecule has 0 atom stereocenters. The Kier molecular flexibility index (Phi) is 5.53. The topological polar surface area (TPSA) is 4.36 Å². The number of benzene rings is 2. The van der Waals surface area contributed by atoms with E-state index in [0.29, 0.717) is 0 Å². The van der Waals surface area contributed by atoms with Gasteiger partial charge in [0, 0.05) is 5.46 Å². The van der Waals surface area contributed by atoms with E-state index in [-0.39, 0.29) is 16.1 Å². The van der Waals surface area contributed by atoms with Crippen LogP contribution in [0, 0.1) is 64.1 Å². The molecular formula is C13HB2F10N+2. The molecule has 2 aromatic rings. The minimum Gasteiger partial charge on any atom is -0.204 e. The van der Waals surface area contributed by atoms with Crippen LogP contribution in [0.2, 0.25) is 0 Å². The van der Waals surface area contributed by atoms with Crippen molar-refractivity contribution in [3.8, 4) is 5.97 Å². The molecule has 0 saturated carbocycles. The molecule has 0 unspecified atom stereocenters. The summed E-state index contributed by atoms with van der Waals surface area (Å²) in [5.74, 6) is -21.3. The molecule has 1 nitrogen and oxygen atoms in total. The van der Waals surface area contributed by atoms with E-state index in [0.717, 1.165) is 0 Å². The summed E-state index contributed by atoms with van der Waals surface area (Å²) < 4.78 is 134. The lowest BCUT2D eigenvalue weighted by molar-refractivity contribution is 0.384. The Bertz CT molecular complexity index is 839. The Morgan fingerprint density at radius 1 is 0.500 bits per heavy atom. The first-order valence-electron chi connectivity index (χ1n) is 6.24. The van der Waals surface area contributed by atoms with Gasteiger partial charge in [-0.2, -0.15) is 0 Å². The molecule has 0 aliphatic heterocycles. The fraction of sp³-hybridized carbons (Fsp3) is 0. The third-order valence-corrected chi connectivity index (χ3v) is 2.96. The Labute approximate surface area is 141 Å². The van der Waals surface area contributed by atoms with Crippen molar-refractivity contribution in [1.29, 1.82) is 0 Å². The first-order valence-corrected chi connectivity index (χ1v) is 6.24. The van der Waals surface area contributed by atoms with Crippen LogP contribution < -0.4 is 10.9 Å². The van der Waals surface area contributed by atoms with Gasteiger partial charge in [-0.1, -0.05) is 0 Å². The Hall–Kier alpha value is -2.64. The molecule has 0 amide bonds. The maximum atomic E-state index is 13.3. The molecule has 0 aromatic heterocycles. The summed E-state index contributed by atoms with van der Waals surface area (Å²) in [7, 11) is 0.178. The molecular weight excluding hydrogens is 382 g/mol. The summed E-state index contributed by atoms with van der Waals surface area (Å²) >= 11 is 0. The molecule has 2 rings (SSSR count). The van der Waals surface area contributed by atoms with Gasteiger partial charge in [-0.15, -0.1) is 0 Å². The molecule has 13 heteroatoms. The molecule has 0 heterocycles. The van der Waals surface area contributed by atoms with Crippen LogP contribution in [0.4, 0.5) is 43.9 Å². The number of halogens is 10. The Morgan fingerprint density at radius 2 is 0.808 bits per heavy atom. The maximum Gasteiger partial charge on any atom is 1.00 e. The van der Waals surface area contributed by atoms with Crippen molar-refractivity contribution >= 4 is 25.6 Å². The fourth-order valence-electron chi connectivity index (χ4n) is 1.69. The highest BCUT2D eigenvalue weighted by molar-refractivity contribution is 6.64. The van der Waals surface area contributed by atoms with Gasteiger partial charge in [-0.05, 0) is 0 Å². The van der Waals surface area contributed by atoms with Crippen LogP contribution in [0.25, 0.3) is 4.76 Å². The van der Waals surface area contributed by atoms with Crippen molar-refractivity contribution in [3.05, 3.63) is 62.9 Å². The third-order valence-electron chi connectivity index (χ3n) is 2.96. The van der Waals surface area contributed by atoms with Crippen molar-refractivity contribution in [3.63, 3.8) is 0 Å². The number of nitrogens with zero attached hydrogens (tertiary/aromatic N) is 1. The molecule has 0 spiro atoms. The van der Waals surface area contributed by atoms with Crippen LogP contribution in [0.15, 0.2) is 0 Å². The summed E-state index contributed by atoms with van der Waals surface area (Å²) in [6.07, 6.45) is 0. The molecule has 0 fully saturated rings. The average Bonchev–Trinajstić information content (AvgIpc) is 2.63. The summed E-state index contributed by atoms with van der Waals surface area (Å²) in [5.41, 5.74) is -2.98. The minimum atomic E-state index is -2.42. The van der Waals surface area contributed by atoms with Crippen LogP contribution in [0.5, 0.6) is 0 Å². The maximum absolute atomic E-state index is 13.3. The molecule has 0 saturated heterocycles. The molecule has 2 aromatic carbocycles. The quantitative estimate of drug-likeness (QED) is 0.326. The van der Waals surface area contributed by atoms with E-state index in [1.54, 1.807) is 5.97 Å². The monoisotopic (exact) mass is 383 g/mol. The first kappa shape index (κ1) is 19.7. The van der Waals surface area contributed by atoms with Gasteiger partial charge in [0.15, 0.2) is 64.1 Å². The van der Waals surface area contributed by atoms with E-state index >= 15 is 0 Å². The van der Waals surface area contributed by atoms with Crippen LogP contribution >= 0.6 is 0 Å². The number of rotatable bonds is 2. The normalized spacial score (nSPS) is 10.4. The largest absolute Gasteiger partial charge is 1.00 e. The van der Waals surface area contributed by atoms with Gasteiger partial charge in [-0.3, -0.25) is 0 Å². The predicted molar refractivity (Wildman–Crippen MR) is 71.6 cm³/mol. The molecule has 0 bridgehead atoms. The lowest BCUT2D eigenvalue weighted by Gasteiger charge is -2.03. The van der Waals surface area contributed by atoms with Crippen molar-refractivity contribution in [1.82, 2.24) is 0 Å². The summed E-state index contributed by atoms with van der Waals surface area (Å²) in [4.78, 5) is 0. The van der Waals surface area contributed by atoms with Crippen molar-refractivity contribution < 1.29 is 45.3 Å². The van der Waals surface area contributed by atoms with E-state index in [4.69, 9.17) is 0 Å². The second-order valence-electron chi connectivity index (χ2n) is 4.50. The third kappa shape index (κ3) is 3.23. The molecule has 132 valence electrons. The molecule has 26 heavy (non-hydrogen) atoms. The van der Waals surface area contributed by atoms with Crippen LogP contribution in [-0.2, 0) is 0 Å². The van der Waals surface area contributed by atoms with Gasteiger partial charge >= 0.3 is 16.1 Å². The predicted octanol–water partition coefficient (Wildman–Crippen LogP) is 2.75. The van der Waals surface area contributed by atoms with Gasteiger partial charge in [-0.25, -0.2) is 48.7 Å². The second-order valence-corrected chi connectivity index (χ2v) is 4.50. The van der Waals surface area contributed by atoms with Crippen molar-refractivity contribution in [2.45, 2.75) is 0 Å². The van der Waals surface area contributed by atoms with Gasteiger partial charge in [0.25, 0.3) is 0 Å². The summed E-state index contributed by atoms with van der Waals surface area (Å²) in [6, 6.07) is 0. The average molecular weight is 383 g/mol. The van der Waals surface area contributed by atoms with E-state index < -0.39 is 69.1 Å². The highest BCUT2D eigenvalue weighted by Gasteiger charge is 2.32. The first-order chi connectivity index (χ1) is 12.1. The van der Waals surface area contributed by atoms with E-state index in [2.05, 4.69) is 4.76 Å². The van der Waals surface area contributed by atoms with E-state index in [1.807, 2.05) is 0 Å². The highest BCUT2D eigenvalue weighted by atomic mass is 19.2. The summed E-state index contributed by atoms with van der Waals surface area (Å²) in [6.45, 7) is 0. The minimum absolute atomic E-state index is 0. The van der Waals surface area contributed by atoms with Gasteiger partial charge < -0.3 is 0 Å². The van der Waals surface area contributed by atoms with Gasteiger partial charge in [0.05, 0.1) is 5.46 Å². The SMILES string of the molecule is Fc1c(F)c(F)c([B]C#[N+][B]c2c(F)c(F)c(F)c(F)c2F)c(F)c1F.[H+]. The van der Waals surface area contributed by atoms with E-state index in [9.17, 15) is 43.9 Å². The van der Waals surface area contributed by atoms with Crippen LogP contribution in [0.3, 0.4) is 0 Å². The lowest BCUT2D eigenvalue weighted by Crippen LogP contribution is -2.27. The number of hydrogen-bond donors (Lipinski definition) is 0. The zero-order chi connectivity index (χ0) is 19.8. The molecule has 2 radical (unpaired) electrons. The fourth-order valence-corrected chi connectivity index (χ4v) is 1.69. The van der Waals surface area contributed by atoms with Crippen LogP contribution in [0.1, 0.15) is 1.43 Å². The van der Waals surface area contributed by atoms with Gasteiger partial charge in [0.1, 0.15) is 0 Å². The van der Waals surface area contributed by atoms with Gasteiger partial charge in [0.2, 0.25) is 0 Å². The summed E-state index contributed by atoms with van der Waals surface area (Å²) in [5, 5.41) is 0. The molecule has 0 N–H and O–H groups in total. The highest BCUT2D eigenvalue weighted by Crippen LogP contribution is 2.16. The number of hydrogen-bond acceptors (Lipinski definition) is 0. The zero-order valence-electron chi connectivity index (χ0n) is 12.9. The molecule has 0 aliphatic carbocycles. The lowest BCUT2D eigenvalue weighted by atomic mass is 9.71. The van der Waals surface area contributed by atoms with Crippen molar-refractivity contribution in [2.24, 2.45) is 0 Å². The van der Waals surface area contributed by atoms with E-state index in [1.165, 1.54) is 0 Å². The van der Waals surface area contributed by atoms with Crippen molar-refractivity contribution in [2.75, 3.05) is 0 Å². The zero-order valence-corrected chi connectivity index (χ0v) is 11.9. The Morgan fingerprint density at radius 3 is 1.19 bits per heavy atom. The molecule has 0 aliphatic rings. The second kappa shape index (κ2) is 7.31. The standard InChI is InChI=1S/C13B2F10N/c16-4-2(5(17)9(21)12(24)8(4)20)14-1-26-15-3-6(18)10(22)13(25)11(23)7(3)19/q+1/p+1. The van der Waals surface area contributed by atoms with Crippen LogP contribution in [-0.4, -0.2) is 14.7 Å². The smallest absolute Gasteiger partial charge is 0.204 e. The Balaban J connectivity index is 0.00000364.